The van der Waals surface area contributed by atoms with E-state index < -0.39 is 0 Å². The van der Waals surface area contributed by atoms with E-state index >= 15 is 0 Å². The van der Waals surface area contributed by atoms with E-state index in [9.17, 15) is 0 Å². The average molecular weight is 373 g/mol. The molecule has 0 aliphatic rings. The van der Waals surface area contributed by atoms with Crippen LogP contribution in [0, 0.1) is 25.2 Å². The maximum Gasteiger partial charge on any atom is 0.238 e. The van der Waals surface area contributed by atoms with Crippen LogP contribution < -0.4 is 4.74 Å². The van der Waals surface area contributed by atoms with Gasteiger partial charge in [-0.05, 0) is 68.3 Å². The monoisotopic (exact) mass is 373 g/mol. The van der Waals surface area contributed by atoms with E-state index in [1.54, 1.807) is 16.8 Å². The summed E-state index contributed by atoms with van der Waals surface area (Å²) in [5, 5.41) is 13.4. The highest BCUT2D eigenvalue weighted by Gasteiger charge is 2.10. The van der Waals surface area contributed by atoms with Gasteiger partial charge in [-0.25, -0.2) is 9.67 Å². The summed E-state index contributed by atoms with van der Waals surface area (Å²) in [4.78, 5) is 6.57. The van der Waals surface area contributed by atoms with Gasteiger partial charge in [-0.3, -0.25) is 0 Å². The second kappa shape index (κ2) is 8.40. The summed E-state index contributed by atoms with van der Waals surface area (Å²) in [7, 11) is 1.99. The fraction of sp³-hybridized carbons (Fsp3) is 0.227. The molecule has 0 spiro atoms. The van der Waals surface area contributed by atoms with Crippen LogP contribution in [0.25, 0.3) is 5.69 Å². The lowest BCUT2D eigenvalue weighted by atomic mass is 10.1. The third kappa shape index (κ3) is 4.21. The highest BCUT2D eigenvalue weighted by atomic mass is 16.5. The molecule has 1 aromatic heterocycles. The van der Waals surface area contributed by atoms with Gasteiger partial charge in [0.2, 0.25) is 5.88 Å². The third-order valence-corrected chi connectivity index (χ3v) is 4.64. The molecular formula is C22H23N5O. The lowest BCUT2D eigenvalue weighted by Crippen LogP contribution is -2.14. The van der Waals surface area contributed by atoms with Gasteiger partial charge in [0.25, 0.3) is 0 Å². The van der Waals surface area contributed by atoms with Crippen molar-refractivity contribution in [3.8, 4) is 23.4 Å². The summed E-state index contributed by atoms with van der Waals surface area (Å²) < 4.78 is 7.71. The Balaban J connectivity index is 1.79. The van der Waals surface area contributed by atoms with E-state index in [0.717, 1.165) is 34.8 Å². The molecule has 3 aromatic rings. The number of ether oxygens (including phenoxy) is 1. The van der Waals surface area contributed by atoms with E-state index in [1.165, 1.54) is 0 Å². The molecule has 0 aliphatic heterocycles. The van der Waals surface area contributed by atoms with Crippen LogP contribution in [0.4, 0.5) is 5.69 Å². The average Bonchev–Trinajstić information content (AvgIpc) is 3.19. The van der Waals surface area contributed by atoms with Crippen LogP contribution in [0.15, 0.2) is 53.7 Å². The van der Waals surface area contributed by atoms with Gasteiger partial charge in [0.1, 0.15) is 5.75 Å². The molecule has 6 heteroatoms. The van der Waals surface area contributed by atoms with Gasteiger partial charge in [0.05, 0.1) is 29.3 Å². The number of nitriles is 1. The predicted molar refractivity (Wildman–Crippen MR) is 111 cm³/mol. The zero-order valence-electron chi connectivity index (χ0n) is 16.5. The number of rotatable bonds is 6. The zero-order chi connectivity index (χ0) is 20.1. The van der Waals surface area contributed by atoms with Crippen molar-refractivity contribution in [2.75, 3.05) is 13.6 Å². The molecule has 0 N–H and O–H groups in total. The Morgan fingerprint density at radius 2 is 1.89 bits per heavy atom. The second-order valence-electron chi connectivity index (χ2n) is 6.51. The fourth-order valence-corrected chi connectivity index (χ4v) is 2.58. The van der Waals surface area contributed by atoms with Crippen LogP contribution in [0.5, 0.6) is 11.6 Å². The van der Waals surface area contributed by atoms with Crippen LogP contribution in [-0.4, -0.2) is 34.6 Å². The molecule has 142 valence electrons. The van der Waals surface area contributed by atoms with E-state index in [0.29, 0.717) is 11.4 Å². The molecule has 0 fully saturated rings. The van der Waals surface area contributed by atoms with Crippen molar-refractivity contribution in [2.45, 2.75) is 20.8 Å². The summed E-state index contributed by atoms with van der Waals surface area (Å²) in [5.41, 5.74) is 4.51. The van der Waals surface area contributed by atoms with Gasteiger partial charge < -0.3 is 9.64 Å². The van der Waals surface area contributed by atoms with Crippen molar-refractivity contribution in [1.82, 2.24) is 14.7 Å². The number of nitrogens with zero attached hydrogens (tertiary/aromatic N) is 5. The van der Waals surface area contributed by atoms with Crippen molar-refractivity contribution < 1.29 is 4.74 Å². The summed E-state index contributed by atoms with van der Waals surface area (Å²) in [6, 6.07) is 15.0. The van der Waals surface area contributed by atoms with Crippen LogP contribution in [0.2, 0.25) is 0 Å². The van der Waals surface area contributed by atoms with Gasteiger partial charge in [-0.15, -0.1) is 5.10 Å². The summed E-state index contributed by atoms with van der Waals surface area (Å²) in [6.45, 7) is 7.05. The van der Waals surface area contributed by atoms with Gasteiger partial charge in [-0.2, -0.15) is 5.26 Å². The first-order chi connectivity index (χ1) is 13.5. The van der Waals surface area contributed by atoms with Crippen LogP contribution >= 0.6 is 0 Å². The highest BCUT2D eigenvalue weighted by molar-refractivity contribution is 5.65. The Labute approximate surface area is 165 Å². The minimum Gasteiger partial charge on any atom is -0.437 e. The largest absolute Gasteiger partial charge is 0.437 e. The summed E-state index contributed by atoms with van der Waals surface area (Å²) >= 11 is 0. The minimum absolute atomic E-state index is 0.508. The van der Waals surface area contributed by atoms with Gasteiger partial charge in [-0.1, -0.05) is 0 Å². The quantitative estimate of drug-likeness (QED) is 0.461. The molecule has 6 nitrogen and oxygen atoms in total. The first kappa shape index (κ1) is 19.2. The maximum atomic E-state index is 8.91. The van der Waals surface area contributed by atoms with Gasteiger partial charge in [0, 0.05) is 25.9 Å². The molecule has 0 saturated carbocycles. The number of benzene rings is 2. The SMILES string of the molecule is CCN(C)/C=N/c1ccc(Oc2ccn(-c3ccc(C#N)cc3)n2)c(C)c1C. The number of hydrogen-bond acceptors (Lipinski definition) is 4. The molecule has 0 atom stereocenters. The molecule has 0 saturated heterocycles. The molecule has 0 unspecified atom stereocenters. The Bertz CT molecular complexity index is 1030. The van der Waals surface area contributed by atoms with Crippen molar-refractivity contribution in [3.05, 3.63) is 65.4 Å². The number of hydrogen-bond donors (Lipinski definition) is 0. The molecule has 3 rings (SSSR count). The normalized spacial score (nSPS) is 10.8. The standard InChI is InChI=1S/C22H23N5O/c1-5-26(4)15-24-20-10-11-21(17(3)16(20)2)28-22-12-13-27(25-22)19-8-6-18(14-23)7-9-19/h6-13,15H,5H2,1-4H3/b24-15+. The van der Waals surface area contributed by atoms with E-state index in [2.05, 4.69) is 23.1 Å². The van der Waals surface area contributed by atoms with Gasteiger partial charge >= 0.3 is 0 Å². The van der Waals surface area contributed by atoms with Crippen molar-refractivity contribution in [2.24, 2.45) is 4.99 Å². The molecule has 0 radical (unpaired) electrons. The minimum atomic E-state index is 0.508. The van der Waals surface area contributed by atoms with E-state index in [4.69, 9.17) is 10.00 Å². The lowest BCUT2D eigenvalue weighted by molar-refractivity contribution is 0.454. The van der Waals surface area contributed by atoms with E-state index in [1.807, 2.05) is 68.7 Å². The summed E-state index contributed by atoms with van der Waals surface area (Å²) in [6.07, 6.45) is 3.67. The predicted octanol–water partition coefficient (Wildman–Crippen LogP) is 4.76. The van der Waals surface area contributed by atoms with E-state index in [-0.39, 0.29) is 0 Å². The van der Waals surface area contributed by atoms with Crippen LogP contribution in [0.1, 0.15) is 23.6 Å². The Kier molecular flexibility index (Phi) is 5.75. The third-order valence-electron chi connectivity index (χ3n) is 4.64. The van der Waals surface area contributed by atoms with Crippen molar-refractivity contribution in [3.63, 3.8) is 0 Å². The molecule has 1 heterocycles. The number of aromatic nitrogens is 2. The smallest absolute Gasteiger partial charge is 0.238 e. The zero-order valence-corrected chi connectivity index (χ0v) is 16.5. The summed E-state index contributed by atoms with van der Waals surface area (Å²) in [5.74, 6) is 1.26. The lowest BCUT2D eigenvalue weighted by Gasteiger charge is -2.12. The van der Waals surface area contributed by atoms with Crippen molar-refractivity contribution >= 4 is 12.0 Å². The topological polar surface area (TPSA) is 66.4 Å². The van der Waals surface area contributed by atoms with Crippen molar-refractivity contribution in [1.29, 1.82) is 5.26 Å². The molecule has 28 heavy (non-hydrogen) atoms. The Morgan fingerprint density at radius 1 is 1.14 bits per heavy atom. The number of aliphatic imine (C=N–C) groups is 1. The molecule has 2 aromatic carbocycles. The van der Waals surface area contributed by atoms with Crippen LogP contribution in [-0.2, 0) is 0 Å². The molecule has 0 aliphatic carbocycles. The first-order valence-corrected chi connectivity index (χ1v) is 9.10. The highest BCUT2D eigenvalue weighted by Crippen LogP contribution is 2.32. The fourth-order valence-electron chi connectivity index (χ4n) is 2.58. The van der Waals surface area contributed by atoms with Crippen LogP contribution in [0.3, 0.4) is 0 Å². The Hall–Kier alpha value is -3.59. The van der Waals surface area contributed by atoms with Gasteiger partial charge in [0.15, 0.2) is 0 Å². The maximum absolute atomic E-state index is 8.91. The molecular weight excluding hydrogens is 350 g/mol. The first-order valence-electron chi connectivity index (χ1n) is 9.10. The molecule has 0 amide bonds. The second-order valence-corrected chi connectivity index (χ2v) is 6.51. The Morgan fingerprint density at radius 3 is 2.57 bits per heavy atom. The molecule has 0 bridgehead atoms.